The minimum Gasteiger partial charge on any atom is -0.392 e. The molecule has 3 atom stereocenters. The highest BCUT2D eigenvalue weighted by atomic mass is 28.4. The van der Waals surface area contributed by atoms with Crippen molar-refractivity contribution in [3.05, 3.63) is 0 Å². The molecule has 1 aliphatic heterocycles. The van der Waals surface area contributed by atoms with E-state index >= 15 is 0 Å². The average Bonchev–Trinajstić information content (AvgIpc) is 2.89. The van der Waals surface area contributed by atoms with Crippen LogP contribution in [0.1, 0.15) is 98.8 Å². The lowest BCUT2D eigenvalue weighted by Crippen LogP contribution is -2.45. The molecular formula is C22H46O2Si. The highest BCUT2D eigenvalue weighted by molar-refractivity contribution is 6.74. The summed E-state index contributed by atoms with van der Waals surface area (Å²) >= 11 is 0. The van der Waals surface area contributed by atoms with Gasteiger partial charge in [0.2, 0.25) is 0 Å². The summed E-state index contributed by atoms with van der Waals surface area (Å²) in [5.41, 5.74) is 0. The van der Waals surface area contributed by atoms with E-state index < -0.39 is 8.32 Å². The Morgan fingerprint density at radius 3 is 2.08 bits per heavy atom. The first-order valence-corrected chi connectivity index (χ1v) is 13.9. The van der Waals surface area contributed by atoms with E-state index in [0.717, 1.165) is 6.61 Å². The van der Waals surface area contributed by atoms with Crippen LogP contribution in [0.3, 0.4) is 0 Å². The zero-order valence-electron chi connectivity index (χ0n) is 18.3. The van der Waals surface area contributed by atoms with Crippen LogP contribution in [0.5, 0.6) is 0 Å². The zero-order chi connectivity index (χ0) is 18.9. The number of ether oxygens (including phenoxy) is 1. The van der Waals surface area contributed by atoms with Gasteiger partial charge in [-0.25, -0.2) is 0 Å². The molecule has 1 aliphatic rings. The van der Waals surface area contributed by atoms with Crippen molar-refractivity contribution >= 4 is 8.32 Å². The largest absolute Gasteiger partial charge is 0.392 e. The van der Waals surface area contributed by atoms with Crippen molar-refractivity contribution in [2.24, 2.45) is 11.8 Å². The Labute approximate surface area is 159 Å². The molecule has 0 saturated carbocycles. The molecule has 0 spiro atoms. The molecule has 0 radical (unpaired) electrons. The first kappa shape index (κ1) is 23.2. The van der Waals surface area contributed by atoms with E-state index in [2.05, 4.69) is 47.7 Å². The van der Waals surface area contributed by atoms with Crippen LogP contribution < -0.4 is 0 Å². The lowest BCUT2D eigenvalue weighted by Gasteiger charge is -2.39. The van der Waals surface area contributed by atoms with Gasteiger partial charge in [-0.1, -0.05) is 86.0 Å². The minimum absolute atomic E-state index is 0.0541. The topological polar surface area (TPSA) is 18.5 Å². The second-order valence-electron chi connectivity index (χ2n) is 9.70. The van der Waals surface area contributed by atoms with E-state index in [1.807, 2.05) is 0 Å². The summed E-state index contributed by atoms with van der Waals surface area (Å²) in [6.07, 6.45) is 13.5. The molecule has 25 heavy (non-hydrogen) atoms. The SMILES string of the molecule is CCCCCCCCC1C(CCCC)COC1O[Si](C)(C)C(C)(C)C. The lowest BCUT2D eigenvalue weighted by molar-refractivity contribution is -0.0730. The van der Waals surface area contributed by atoms with Gasteiger partial charge in [0, 0.05) is 5.92 Å². The summed E-state index contributed by atoms with van der Waals surface area (Å²) in [6.45, 7) is 17.2. The Bertz CT molecular complexity index is 348. The predicted octanol–water partition coefficient (Wildman–Crippen LogP) is 7.54. The molecule has 0 aliphatic carbocycles. The fourth-order valence-electron chi connectivity index (χ4n) is 3.57. The maximum atomic E-state index is 6.70. The van der Waals surface area contributed by atoms with Gasteiger partial charge in [-0.15, -0.1) is 0 Å². The minimum atomic E-state index is -1.76. The Hall–Kier alpha value is 0.137. The lowest BCUT2D eigenvalue weighted by atomic mass is 9.86. The van der Waals surface area contributed by atoms with Crippen LogP contribution in [0.4, 0.5) is 0 Å². The molecule has 0 aromatic carbocycles. The quantitative estimate of drug-likeness (QED) is 0.261. The summed E-state index contributed by atoms with van der Waals surface area (Å²) in [4.78, 5) is 0. The number of hydrogen-bond acceptors (Lipinski definition) is 2. The van der Waals surface area contributed by atoms with Crippen molar-refractivity contribution in [3.63, 3.8) is 0 Å². The smallest absolute Gasteiger partial charge is 0.195 e. The van der Waals surface area contributed by atoms with E-state index in [4.69, 9.17) is 9.16 Å². The van der Waals surface area contributed by atoms with Gasteiger partial charge in [0.25, 0.3) is 0 Å². The van der Waals surface area contributed by atoms with Crippen LogP contribution in [0.25, 0.3) is 0 Å². The third-order valence-corrected chi connectivity index (χ3v) is 10.9. The maximum absolute atomic E-state index is 6.70. The molecule has 1 fully saturated rings. The van der Waals surface area contributed by atoms with Gasteiger partial charge in [-0.3, -0.25) is 0 Å². The fraction of sp³-hybridized carbons (Fsp3) is 1.00. The van der Waals surface area contributed by atoms with Crippen LogP contribution in [-0.2, 0) is 9.16 Å². The molecule has 0 aromatic heterocycles. The third kappa shape index (κ3) is 7.72. The van der Waals surface area contributed by atoms with Gasteiger partial charge in [-0.2, -0.15) is 0 Å². The standard InChI is InChI=1S/C22H46O2Si/c1-8-10-12-13-14-15-17-20-19(16-11-9-2)18-23-21(20)24-25(6,7)22(3,4)5/h19-21H,8-18H2,1-7H3. The zero-order valence-corrected chi connectivity index (χ0v) is 19.3. The van der Waals surface area contributed by atoms with Crippen LogP contribution >= 0.6 is 0 Å². The Morgan fingerprint density at radius 1 is 0.880 bits per heavy atom. The summed E-state index contributed by atoms with van der Waals surface area (Å²) in [7, 11) is -1.76. The molecule has 1 rings (SSSR count). The van der Waals surface area contributed by atoms with Gasteiger partial charge in [0.05, 0.1) is 6.61 Å². The van der Waals surface area contributed by atoms with Crippen LogP contribution in [0.2, 0.25) is 18.1 Å². The molecule has 0 bridgehead atoms. The first-order valence-electron chi connectivity index (χ1n) is 11.0. The molecule has 0 amide bonds. The summed E-state index contributed by atoms with van der Waals surface area (Å²) in [5, 5.41) is 0.253. The van der Waals surface area contributed by atoms with E-state index in [-0.39, 0.29) is 11.3 Å². The molecule has 2 nitrogen and oxygen atoms in total. The number of unbranched alkanes of at least 4 members (excludes halogenated alkanes) is 6. The number of rotatable bonds is 12. The second-order valence-corrected chi connectivity index (χ2v) is 14.5. The van der Waals surface area contributed by atoms with Crippen molar-refractivity contribution in [2.45, 2.75) is 123 Å². The molecule has 0 N–H and O–H groups in total. The van der Waals surface area contributed by atoms with Crippen molar-refractivity contribution in [1.29, 1.82) is 0 Å². The average molecular weight is 371 g/mol. The van der Waals surface area contributed by atoms with Crippen molar-refractivity contribution in [3.8, 4) is 0 Å². The maximum Gasteiger partial charge on any atom is 0.195 e. The molecule has 0 aromatic rings. The van der Waals surface area contributed by atoms with E-state index in [0.29, 0.717) is 11.8 Å². The molecule has 3 heteroatoms. The predicted molar refractivity (Wildman–Crippen MR) is 113 cm³/mol. The molecule has 1 heterocycles. The van der Waals surface area contributed by atoms with Crippen molar-refractivity contribution in [1.82, 2.24) is 0 Å². The fourth-order valence-corrected chi connectivity index (χ4v) is 4.75. The number of hydrogen-bond donors (Lipinski definition) is 0. The highest BCUT2D eigenvalue weighted by Crippen LogP contribution is 2.42. The van der Waals surface area contributed by atoms with Crippen molar-refractivity contribution in [2.75, 3.05) is 6.61 Å². The summed E-state index contributed by atoms with van der Waals surface area (Å²) < 4.78 is 12.9. The van der Waals surface area contributed by atoms with Gasteiger partial charge < -0.3 is 9.16 Å². The van der Waals surface area contributed by atoms with Crippen LogP contribution in [-0.4, -0.2) is 21.2 Å². The second kappa shape index (κ2) is 11.1. The van der Waals surface area contributed by atoms with Gasteiger partial charge in [-0.05, 0) is 36.9 Å². The summed E-state index contributed by atoms with van der Waals surface area (Å²) in [6, 6.07) is 0. The Kier molecular flexibility index (Phi) is 10.3. The molecular weight excluding hydrogens is 324 g/mol. The molecule has 150 valence electrons. The molecule has 3 unspecified atom stereocenters. The Morgan fingerprint density at radius 2 is 1.48 bits per heavy atom. The van der Waals surface area contributed by atoms with E-state index in [1.165, 1.54) is 64.2 Å². The van der Waals surface area contributed by atoms with E-state index in [9.17, 15) is 0 Å². The third-order valence-electron chi connectivity index (χ3n) is 6.47. The first-order chi connectivity index (χ1) is 11.7. The van der Waals surface area contributed by atoms with Crippen LogP contribution in [0.15, 0.2) is 0 Å². The normalized spacial score (nSPS) is 24.8. The monoisotopic (exact) mass is 370 g/mol. The highest BCUT2D eigenvalue weighted by Gasteiger charge is 2.44. The molecule has 1 saturated heterocycles. The van der Waals surface area contributed by atoms with Gasteiger partial charge in [0.15, 0.2) is 14.6 Å². The van der Waals surface area contributed by atoms with Crippen LogP contribution in [0, 0.1) is 11.8 Å². The Balaban J connectivity index is 2.58. The van der Waals surface area contributed by atoms with Gasteiger partial charge in [0.1, 0.15) is 0 Å². The van der Waals surface area contributed by atoms with Crippen molar-refractivity contribution < 1.29 is 9.16 Å². The van der Waals surface area contributed by atoms with E-state index in [1.54, 1.807) is 0 Å². The van der Waals surface area contributed by atoms with Gasteiger partial charge >= 0.3 is 0 Å². The summed E-state index contributed by atoms with van der Waals surface area (Å²) in [5.74, 6) is 1.33.